The smallest absolute Gasteiger partial charge is 0.250 e. The molecule has 19 heavy (non-hydrogen) atoms. The van der Waals surface area contributed by atoms with Crippen molar-refractivity contribution in [2.24, 2.45) is 0 Å². The van der Waals surface area contributed by atoms with Crippen LogP contribution in [0.3, 0.4) is 0 Å². The molecule has 0 aromatic heterocycles. The van der Waals surface area contributed by atoms with Crippen LogP contribution in [-0.4, -0.2) is 33.3 Å². The minimum Gasteiger partial charge on any atom is -0.375 e. The molecular formula is C12H18N2O4S. The first kappa shape index (κ1) is 15.5. The molecule has 0 bridgehead atoms. The summed E-state index contributed by atoms with van der Waals surface area (Å²) in [5, 5.41) is 2.11. The molecule has 1 aromatic rings. The Labute approximate surface area is 113 Å². The van der Waals surface area contributed by atoms with Crippen LogP contribution in [0.4, 0.5) is 11.4 Å². The second-order valence-electron chi connectivity index (χ2n) is 4.25. The lowest BCUT2D eigenvalue weighted by Crippen LogP contribution is -2.22. The van der Waals surface area contributed by atoms with Crippen molar-refractivity contribution in [2.45, 2.75) is 19.1 Å². The fraction of sp³-hybridized carbons (Fsp3) is 0.417. The number of sulfonamides is 1. The Hall–Kier alpha value is -1.60. The number of carbonyl (C=O) groups excluding carboxylic acids is 1. The molecule has 0 saturated heterocycles. The van der Waals surface area contributed by atoms with Gasteiger partial charge in [0.2, 0.25) is 15.9 Å². The van der Waals surface area contributed by atoms with Gasteiger partial charge in [0.25, 0.3) is 0 Å². The van der Waals surface area contributed by atoms with Crippen LogP contribution in [-0.2, 0) is 19.6 Å². The zero-order valence-corrected chi connectivity index (χ0v) is 12.0. The van der Waals surface area contributed by atoms with Crippen molar-refractivity contribution in [2.75, 3.05) is 23.8 Å². The van der Waals surface area contributed by atoms with Gasteiger partial charge in [-0.1, -0.05) is 0 Å². The highest BCUT2D eigenvalue weighted by molar-refractivity contribution is 7.93. The first-order chi connectivity index (χ1) is 8.85. The van der Waals surface area contributed by atoms with E-state index in [0.29, 0.717) is 11.4 Å². The highest BCUT2D eigenvalue weighted by atomic mass is 32.2. The van der Waals surface area contributed by atoms with Gasteiger partial charge in [-0.25, -0.2) is 8.42 Å². The number of ether oxygens (including phenoxy) is 1. The third-order valence-corrected chi connectivity index (χ3v) is 4.09. The Morgan fingerprint density at radius 2 is 1.74 bits per heavy atom. The lowest BCUT2D eigenvalue weighted by Gasteiger charge is -2.11. The SMILES string of the molecule is COCC(=O)Nc1ccc(NS(=O)(=O)C(C)C)cc1. The largest absolute Gasteiger partial charge is 0.375 e. The van der Waals surface area contributed by atoms with E-state index in [2.05, 4.69) is 14.8 Å². The van der Waals surface area contributed by atoms with Crippen LogP contribution in [0.5, 0.6) is 0 Å². The Bertz CT molecular complexity index is 523. The summed E-state index contributed by atoms with van der Waals surface area (Å²) in [7, 11) is -1.92. The van der Waals surface area contributed by atoms with Crippen molar-refractivity contribution in [1.29, 1.82) is 0 Å². The molecule has 0 heterocycles. The fourth-order valence-electron chi connectivity index (χ4n) is 1.23. The van der Waals surface area contributed by atoms with Gasteiger partial charge in [0.15, 0.2) is 0 Å². The maximum absolute atomic E-state index is 11.7. The molecule has 0 aliphatic carbocycles. The monoisotopic (exact) mass is 286 g/mol. The quantitative estimate of drug-likeness (QED) is 0.828. The van der Waals surface area contributed by atoms with E-state index in [9.17, 15) is 13.2 Å². The van der Waals surface area contributed by atoms with E-state index < -0.39 is 15.3 Å². The molecular weight excluding hydrogens is 268 g/mol. The third-order valence-electron chi connectivity index (χ3n) is 2.32. The Balaban J connectivity index is 2.69. The number of rotatable bonds is 6. The topological polar surface area (TPSA) is 84.5 Å². The summed E-state index contributed by atoms with van der Waals surface area (Å²) in [5.41, 5.74) is 1.04. The van der Waals surface area contributed by atoms with E-state index in [1.54, 1.807) is 38.1 Å². The molecule has 0 aliphatic rings. The average molecular weight is 286 g/mol. The average Bonchev–Trinajstić information content (AvgIpc) is 2.31. The van der Waals surface area contributed by atoms with Crippen LogP contribution < -0.4 is 10.0 Å². The molecule has 2 N–H and O–H groups in total. The Kier molecular flexibility index (Phi) is 5.31. The van der Waals surface area contributed by atoms with E-state index >= 15 is 0 Å². The van der Waals surface area contributed by atoms with Crippen molar-refractivity contribution in [3.05, 3.63) is 24.3 Å². The first-order valence-electron chi connectivity index (χ1n) is 5.75. The fourth-order valence-corrected chi connectivity index (χ4v) is 1.93. The van der Waals surface area contributed by atoms with Crippen LogP contribution >= 0.6 is 0 Å². The standard InChI is InChI=1S/C12H18N2O4S/c1-9(2)19(16,17)14-11-6-4-10(5-7-11)13-12(15)8-18-3/h4-7,9,14H,8H2,1-3H3,(H,13,15). The minimum absolute atomic E-state index is 0.0261. The van der Waals surface area contributed by atoms with Gasteiger partial charge in [0.05, 0.1) is 5.25 Å². The summed E-state index contributed by atoms with van der Waals surface area (Å²) in [6.07, 6.45) is 0. The Morgan fingerprint density at radius 3 is 2.21 bits per heavy atom. The second kappa shape index (κ2) is 6.53. The molecule has 0 aliphatic heterocycles. The van der Waals surface area contributed by atoms with Gasteiger partial charge in [0.1, 0.15) is 6.61 Å². The maximum Gasteiger partial charge on any atom is 0.250 e. The zero-order valence-electron chi connectivity index (χ0n) is 11.1. The first-order valence-corrected chi connectivity index (χ1v) is 7.30. The summed E-state index contributed by atoms with van der Waals surface area (Å²) in [6, 6.07) is 6.40. The van der Waals surface area contributed by atoms with Gasteiger partial charge in [0, 0.05) is 18.5 Å². The van der Waals surface area contributed by atoms with Crippen molar-refractivity contribution in [3.8, 4) is 0 Å². The number of nitrogens with one attached hydrogen (secondary N) is 2. The van der Waals surface area contributed by atoms with Crippen LogP contribution in [0.1, 0.15) is 13.8 Å². The van der Waals surface area contributed by atoms with Crippen molar-refractivity contribution in [1.82, 2.24) is 0 Å². The van der Waals surface area contributed by atoms with Gasteiger partial charge in [-0.3, -0.25) is 9.52 Å². The molecule has 1 amide bonds. The molecule has 0 spiro atoms. The van der Waals surface area contributed by atoms with E-state index in [-0.39, 0.29) is 12.5 Å². The van der Waals surface area contributed by atoms with Crippen LogP contribution in [0.2, 0.25) is 0 Å². The van der Waals surface area contributed by atoms with Crippen LogP contribution in [0.25, 0.3) is 0 Å². The molecule has 0 unspecified atom stereocenters. The van der Waals surface area contributed by atoms with Gasteiger partial charge in [-0.05, 0) is 38.1 Å². The van der Waals surface area contributed by atoms with Crippen molar-refractivity contribution >= 4 is 27.3 Å². The number of methoxy groups -OCH3 is 1. The summed E-state index contributed by atoms with van der Waals surface area (Å²) in [6.45, 7) is 3.17. The molecule has 106 valence electrons. The Morgan fingerprint density at radius 1 is 1.21 bits per heavy atom. The molecule has 0 atom stereocenters. The van der Waals surface area contributed by atoms with E-state index in [1.807, 2.05) is 0 Å². The zero-order chi connectivity index (χ0) is 14.5. The van der Waals surface area contributed by atoms with Crippen molar-refractivity contribution < 1.29 is 17.9 Å². The van der Waals surface area contributed by atoms with Gasteiger partial charge >= 0.3 is 0 Å². The van der Waals surface area contributed by atoms with Crippen LogP contribution in [0, 0.1) is 0 Å². The summed E-state index contributed by atoms with van der Waals surface area (Å²) in [5.74, 6) is -0.266. The summed E-state index contributed by atoms with van der Waals surface area (Å²) >= 11 is 0. The number of carbonyl (C=O) groups is 1. The van der Waals surface area contributed by atoms with E-state index in [0.717, 1.165) is 0 Å². The molecule has 1 rings (SSSR count). The van der Waals surface area contributed by atoms with Crippen LogP contribution in [0.15, 0.2) is 24.3 Å². The normalized spacial score (nSPS) is 11.4. The predicted octanol–water partition coefficient (Wildman–Crippen LogP) is 1.42. The molecule has 0 fully saturated rings. The predicted molar refractivity (Wildman–Crippen MR) is 74.6 cm³/mol. The number of hydrogen-bond donors (Lipinski definition) is 2. The maximum atomic E-state index is 11.7. The van der Waals surface area contributed by atoms with Gasteiger partial charge in [-0.15, -0.1) is 0 Å². The number of benzene rings is 1. The molecule has 0 radical (unpaired) electrons. The minimum atomic E-state index is -3.35. The number of anilines is 2. The van der Waals surface area contributed by atoms with Gasteiger partial charge < -0.3 is 10.1 Å². The second-order valence-corrected chi connectivity index (χ2v) is 6.49. The molecule has 6 nitrogen and oxygen atoms in total. The highest BCUT2D eigenvalue weighted by Gasteiger charge is 2.15. The lowest BCUT2D eigenvalue weighted by molar-refractivity contribution is -0.119. The van der Waals surface area contributed by atoms with Crippen molar-refractivity contribution in [3.63, 3.8) is 0 Å². The van der Waals surface area contributed by atoms with E-state index in [1.165, 1.54) is 7.11 Å². The molecule has 0 saturated carbocycles. The van der Waals surface area contributed by atoms with Gasteiger partial charge in [-0.2, -0.15) is 0 Å². The lowest BCUT2D eigenvalue weighted by atomic mass is 10.3. The number of hydrogen-bond acceptors (Lipinski definition) is 4. The summed E-state index contributed by atoms with van der Waals surface area (Å²) in [4.78, 5) is 11.3. The number of amides is 1. The summed E-state index contributed by atoms with van der Waals surface area (Å²) < 4.78 is 30.4. The molecule has 7 heteroatoms. The molecule has 1 aromatic carbocycles. The van der Waals surface area contributed by atoms with E-state index in [4.69, 9.17) is 0 Å². The highest BCUT2D eigenvalue weighted by Crippen LogP contribution is 2.16. The third kappa shape index (κ3) is 4.88.